The molecule has 3 unspecified atom stereocenters. The Hall–Kier alpha value is -0.570. The molecule has 1 aliphatic heterocycles. The van der Waals surface area contributed by atoms with Crippen LogP contribution in [0.1, 0.15) is 44.9 Å². The lowest BCUT2D eigenvalue weighted by atomic mass is 9.76. The smallest absolute Gasteiger partial charge is 0.306 e. The van der Waals surface area contributed by atoms with E-state index in [0.29, 0.717) is 11.8 Å². The van der Waals surface area contributed by atoms with E-state index >= 15 is 0 Å². The van der Waals surface area contributed by atoms with Gasteiger partial charge in [0.2, 0.25) is 0 Å². The molecule has 0 spiro atoms. The van der Waals surface area contributed by atoms with Gasteiger partial charge in [-0.05, 0) is 37.5 Å². The molecule has 2 fully saturated rings. The summed E-state index contributed by atoms with van der Waals surface area (Å²) in [6, 6.07) is 0. The maximum Gasteiger partial charge on any atom is 0.306 e. The molecule has 0 radical (unpaired) electrons. The summed E-state index contributed by atoms with van der Waals surface area (Å²) in [7, 11) is 0. The standard InChI is InChI=1S/C13H22O3/c14-13(15)12-7-3-1-2-6-11(12)10-5-4-8-16-9-10/h10-12H,1-9H2,(H,14,15). The van der Waals surface area contributed by atoms with Crippen molar-refractivity contribution >= 4 is 5.97 Å². The molecule has 1 saturated heterocycles. The lowest BCUT2D eigenvalue weighted by molar-refractivity contribution is -0.145. The van der Waals surface area contributed by atoms with Gasteiger partial charge in [0.25, 0.3) is 0 Å². The third-order valence-corrected chi connectivity index (χ3v) is 4.19. The zero-order valence-corrected chi connectivity index (χ0v) is 9.86. The lowest BCUT2D eigenvalue weighted by Gasteiger charge is -2.33. The summed E-state index contributed by atoms with van der Waals surface area (Å²) in [4.78, 5) is 11.3. The van der Waals surface area contributed by atoms with Crippen LogP contribution in [0.25, 0.3) is 0 Å². The van der Waals surface area contributed by atoms with Crippen molar-refractivity contribution in [1.82, 2.24) is 0 Å². The van der Waals surface area contributed by atoms with Gasteiger partial charge in [0, 0.05) is 13.2 Å². The van der Waals surface area contributed by atoms with Crippen molar-refractivity contribution in [1.29, 1.82) is 0 Å². The number of carbonyl (C=O) groups is 1. The first kappa shape index (κ1) is 11.9. The van der Waals surface area contributed by atoms with E-state index in [1.165, 1.54) is 12.8 Å². The van der Waals surface area contributed by atoms with Crippen molar-refractivity contribution in [2.24, 2.45) is 17.8 Å². The number of ether oxygens (including phenoxy) is 1. The Balaban J connectivity index is 2.03. The fourth-order valence-corrected chi connectivity index (χ4v) is 3.31. The topological polar surface area (TPSA) is 46.5 Å². The van der Waals surface area contributed by atoms with Crippen LogP contribution in [0.2, 0.25) is 0 Å². The van der Waals surface area contributed by atoms with Crippen LogP contribution >= 0.6 is 0 Å². The quantitative estimate of drug-likeness (QED) is 0.736. The van der Waals surface area contributed by atoms with Gasteiger partial charge in [0.15, 0.2) is 0 Å². The Labute approximate surface area is 97.2 Å². The zero-order valence-electron chi connectivity index (χ0n) is 9.86. The number of hydrogen-bond acceptors (Lipinski definition) is 2. The Morgan fingerprint density at radius 3 is 2.56 bits per heavy atom. The Morgan fingerprint density at radius 2 is 1.88 bits per heavy atom. The van der Waals surface area contributed by atoms with Gasteiger partial charge in [-0.25, -0.2) is 0 Å². The minimum atomic E-state index is -0.586. The summed E-state index contributed by atoms with van der Waals surface area (Å²) in [5, 5.41) is 9.32. The van der Waals surface area contributed by atoms with E-state index in [0.717, 1.165) is 45.3 Å². The van der Waals surface area contributed by atoms with Crippen molar-refractivity contribution in [3.8, 4) is 0 Å². The van der Waals surface area contributed by atoms with E-state index in [1.807, 2.05) is 0 Å². The number of carboxylic acids is 1. The van der Waals surface area contributed by atoms with E-state index in [1.54, 1.807) is 0 Å². The van der Waals surface area contributed by atoms with Gasteiger partial charge in [0.05, 0.1) is 5.92 Å². The van der Waals surface area contributed by atoms with Gasteiger partial charge in [0.1, 0.15) is 0 Å². The van der Waals surface area contributed by atoms with Crippen molar-refractivity contribution in [3.05, 3.63) is 0 Å². The van der Waals surface area contributed by atoms with Crippen LogP contribution < -0.4 is 0 Å². The molecule has 2 aliphatic rings. The average Bonchev–Trinajstić information content (AvgIpc) is 2.55. The predicted molar refractivity (Wildman–Crippen MR) is 61.2 cm³/mol. The van der Waals surface area contributed by atoms with Crippen LogP contribution in [0.4, 0.5) is 0 Å². The molecule has 3 nitrogen and oxygen atoms in total. The second-order valence-corrected chi connectivity index (χ2v) is 5.22. The second kappa shape index (κ2) is 5.67. The summed E-state index contributed by atoms with van der Waals surface area (Å²) in [5.74, 6) is 0.153. The first-order chi connectivity index (χ1) is 7.79. The number of rotatable bonds is 2. The third kappa shape index (κ3) is 2.76. The summed E-state index contributed by atoms with van der Waals surface area (Å²) < 4.78 is 5.51. The molecule has 1 N–H and O–H groups in total. The van der Waals surface area contributed by atoms with Crippen molar-refractivity contribution in [2.45, 2.75) is 44.9 Å². The highest BCUT2D eigenvalue weighted by Gasteiger charge is 2.35. The van der Waals surface area contributed by atoms with Crippen LogP contribution in [0, 0.1) is 17.8 Å². The molecule has 1 heterocycles. The first-order valence-corrected chi connectivity index (χ1v) is 6.59. The van der Waals surface area contributed by atoms with Crippen molar-refractivity contribution in [2.75, 3.05) is 13.2 Å². The number of hydrogen-bond donors (Lipinski definition) is 1. The van der Waals surface area contributed by atoms with Crippen LogP contribution in [0.15, 0.2) is 0 Å². The minimum absolute atomic E-state index is 0.116. The van der Waals surface area contributed by atoms with Crippen molar-refractivity contribution in [3.63, 3.8) is 0 Å². The number of aliphatic carboxylic acids is 1. The molecule has 0 aromatic heterocycles. The molecular formula is C13H22O3. The molecule has 0 aromatic carbocycles. The van der Waals surface area contributed by atoms with E-state index in [-0.39, 0.29) is 5.92 Å². The van der Waals surface area contributed by atoms with Crippen LogP contribution in [-0.2, 0) is 9.53 Å². The first-order valence-electron chi connectivity index (χ1n) is 6.59. The molecule has 3 atom stereocenters. The highest BCUT2D eigenvalue weighted by molar-refractivity contribution is 5.70. The zero-order chi connectivity index (χ0) is 11.4. The van der Waals surface area contributed by atoms with Crippen LogP contribution in [0.3, 0.4) is 0 Å². The summed E-state index contributed by atoms with van der Waals surface area (Å²) in [5.41, 5.74) is 0. The molecule has 1 aliphatic carbocycles. The van der Waals surface area contributed by atoms with Crippen LogP contribution in [0.5, 0.6) is 0 Å². The van der Waals surface area contributed by atoms with E-state index < -0.39 is 5.97 Å². The summed E-state index contributed by atoms with van der Waals surface area (Å²) >= 11 is 0. The SMILES string of the molecule is O=C(O)C1CCCCCC1C1CCCOC1. The van der Waals surface area contributed by atoms with E-state index in [9.17, 15) is 9.90 Å². The highest BCUT2D eigenvalue weighted by atomic mass is 16.5. The van der Waals surface area contributed by atoms with Gasteiger partial charge in [-0.15, -0.1) is 0 Å². The molecule has 92 valence electrons. The average molecular weight is 226 g/mol. The van der Waals surface area contributed by atoms with E-state index in [4.69, 9.17) is 4.74 Å². The predicted octanol–water partition coefficient (Wildman–Crippen LogP) is 2.69. The second-order valence-electron chi connectivity index (χ2n) is 5.22. The highest BCUT2D eigenvalue weighted by Crippen LogP contribution is 2.37. The summed E-state index contributed by atoms with van der Waals surface area (Å²) in [6.07, 6.45) is 7.71. The molecular weight excluding hydrogens is 204 g/mol. The fourth-order valence-electron chi connectivity index (χ4n) is 3.31. The normalized spacial score (nSPS) is 36.6. The molecule has 3 heteroatoms. The van der Waals surface area contributed by atoms with Gasteiger partial charge >= 0.3 is 5.97 Å². The van der Waals surface area contributed by atoms with Gasteiger partial charge in [-0.3, -0.25) is 4.79 Å². The number of carboxylic acid groups (broad SMARTS) is 1. The minimum Gasteiger partial charge on any atom is -0.481 e. The van der Waals surface area contributed by atoms with Gasteiger partial charge in [-0.1, -0.05) is 19.3 Å². The molecule has 0 amide bonds. The third-order valence-electron chi connectivity index (χ3n) is 4.19. The van der Waals surface area contributed by atoms with Crippen molar-refractivity contribution < 1.29 is 14.6 Å². The molecule has 1 saturated carbocycles. The molecule has 0 aromatic rings. The van der Waals surface area contributed by atoms with Gasteiger partial charge in [-0.2, -0.15) is 0 Å². The Morgan fingerprint density at radius 1 is 1.06 bits per heavy atom. The maximum absolute atomic E-state index is 11.3. The Bertz CT molecular complexity index is 233. The fraction of sp³-hybridized carbons (Fsp3) is 0.923. The Kier molecular flexibility index (Phi) is 4.22. The summed E-state index contributed by atoms with van der Waals surface area (Å²) in [6.45, 7) is 1.65. The lowest BCUT2D eigenvalue weighted by Crippen LogP contribution is -2.33. The monoisotopic (exact) mass is 226 g/mol. The van der Waals surface area contributed by atoms with Crippen LogP contribution in [-0.4, -0.2) is 24.3 Å². The largest absolute Gasteiger partial charge is 0.481 e. The molecule has 0 bridgehead atoms. The molecule has 2 rings (SSSR count). The van der Waals surface area contributed by atoms with E-state index in [2.05, 4.69) is 0 Å². The van der Waals surface area contributed by atoms with Gasteiger partial charge < -0.3 is 9.84 Å². The molecule has 16 heavy (non-hydrogen) atoms. The maximum atomic E-state index is 11.3.